The van der Waals surface area contributed by atoms with Crippen LogP contribution in [0.25, 0.3) is 0 Å². The zero-order valence-corrected chi connectivity index (χ0v) is 13.3. The van der Waals surface area contributed by atoms with Gasteiger partial charge >= 0.3 is 0 Å². The molecule has 0 atom stereocenters. The zero-order chi connectivity index (χ0) is 18.0. The fourth-order valence-corrected chi connectivity index (χ4v) is 2.60. The molecule has 0 radical (unpaired) electrons. The third-order valence-corrected chi connectivity index (χ3v) is 3.84. The molecule has 0 saturated carbocycles. The average molecular weight is 327 g/mol. The summed E-state index contributed by atoms with van der Waals surface area (Å²) in [5, 5.41) is 11.4. The van der Waals surface area contributed by atoms with E-state index in [1.165, 1.54) is 16.7 Å². The molecule has 24 heavy (non-hydrogen) atoms. The maximum atomic E-state index is 13.3. The quantitative estimate of drug-likeness (QED) is 0.530. The molecule has 1 amide bonds. The molecule has 1 heterocycles. The van der Waals surface area contributed by atoms with Crippen LogP contribution in [-0.2, 0) is 11.8 Å². The van der Waals surface area contributed by atoms with Gasteiger partial charge in [0.2, 0.25) is 5.78 Å². The van der Waals surface area contributed by atoms with Crippen molar-refractivity contribution in [3.63, 3.8) is 0 Å². The lowest BCUT2D eigenvalue weighted by atomic mass is 10.1. The first kappa shape index (κ1) is 17.1. The van der Waals surface area contributed by atoms with E-state index in [4.69, 9.17) is 5.26 Å². The predicted octanol–water partition coefficient (Wildman–Crippen LogP) is 2.29. The van der Waals surface area contributed by atoms with Gasteiger partial charge in [0.25, 0.3) is 5.91 Å². The number of rotatable bonds is 4. The second kappa shape index (κ2) is 6.46. The van der Waals surface area contributed by atoms with Gasteiger partial charge in [-0.2, -0.15) is 5.26 Å². The standard InChI is InChI=1S/C17H14FN3O3/c1-9-15(14(23)8-22)10(2)21(3)16(9)17(24)20-12-4-5-13(18)11(6-12)7-19/h4-6,8H,1-3H3,(H,20,24). The average Bonchev–Trinajstić information content (AvgIpc) is 2.78. The molecule has 1 N–H and O–H groups in total. The third kappa shape index (κ3) is 2.82. The Morgan fingerprint density at radius 3 is 2.58 bits per heavy atom. The summed E-state index contributed by atoms with van der Waals surface area (Å²) in [6.45, 7) is 3.20. The number of hydrogen-bond donors (Lipinski definition) is 1. The van der Waals surface area contributed by atoms with Crippen molar-refractivity contribution in [3.8, 4) is 6.07 Å². The summed E-state index contributed by atoms with van der Waals surface area (Å²) in [5.74, 6) is -1.91. The maximum Gasteiger partial charge on any atom is 0.272 e. The molecular formula is C17H14FN3O3. The van der Waals surface area contributed by atoms with Crippen molar-refractivity contribution in [1.82, 2.24) is 4.57 Å². The summed E-state index contributed by atoms with van der Waals surface area (Å²) in [6.07, 6.45) is 0.205. The highest BCUT2D eigenvalue weighted by Gasteiger charge is 2.24. The van der Waals surface area contributed by atoms with E-state index in [0.29, 0.717) is 11.3 Å². The van der Waals surface area contributed by atoms with Crippen LogP contribution in [-0.4, -0.2) is 22.5 Å². The number of nitriles is 1. The van der Waals surface area contributed by atoms with Crippen LogP contribution in [0, 0.1) is 31.0 Å². The van der Waals surface area contributed by atoms with E-state index in [-0.39, 0.29) is 28.8 Å². The third-order valence-electron chi connectivity index (χ3n) is 3.84. The van der Waals surface area contributed by atoms with Crippen LogP contribution < -0.4 is 5.32 Å². The lowest BCUT2D eigenvalue weighted by Crippen LogP contribution is -2.17. The largest absolute Gasteiger partial charge is 0.343 e. The second-order valence-electron chi connectivity index (χ2n) is 5.24. The molecule has 1 aromatic carbocycles. The van der Waals surface area contributed by atoms with Crippen LogP contribution in [0.4, 0.5) is 10.1 Å². The summed E-state index contributed by atoms with van der Waals surface area (Å²) >= 11 is 0. The second-order valence-corrected chi connectivity index (χ2v) is 5.24. The molecule has 1 aromatic heterocycles. The molecule has 0 fully saturated rings. The number of carbonyl (C=O) groups excluding carboxylic acids is 3. The normalized spacial score (nSPS) is 10.1. The van der Waals surface area contributed by atoms with Gasteiger partial charge in [-0.3, -0.25) is 14.4 Å². The molecule has 0 saturated heterocycles. The summed E-state index contributed by atoms with van der Waals surface area (Å²) < 4.78 is 14.8. The minimum Gasteiger partial charge on any atom is -0.343 e. The summed E-state index contributed by atoms with van der Waals surface area (Å²) in [6, 6.07) is 5.32. The van der Waals surface area contributed by atoms with Crippen molar-refractivity contribution >= 4 is 23.7 Å². The van der Waals surface area contributed by atoms with E-state index < -0.39 is 17.5 Å². The first-order valence-electron chi connectivity index (χ1n) is 6.98. The number of hydrogen-bond acceptors (Lipinski definition) is 4. The number of nitrogens with one attached hydrogen (secondary N) is 1. The smallest absolute Gasteiger partial charge is 0.272 e. The molecule has 0 bridgehead atoms. The van der Waals surface area contributed by atoms with Crippen LogP contribution in [0.15, 0.2) is 18.2 Å². The van der Waals surface area contributed by atoms with E-state index in [1.54, 1.807) is 27.0 Å². The van der Waals surface area contributed by atoms with E-state index in [1.807, 2.05) is 0 Å². The Balaban J connectivity index is 2.43. The number of Topliss-reactive ketones (excluding diaryl/α,β-unsaturated/α-hetero) is 1. The summed E-state index contributed by atoms with van der Waals surface area (Å²) in [7, 11) is 1.60. The monoisotopic (exact) mass is 327 g/mol. The van der Waals surface area contributed by atoms with Gasteiger partial charge in [-0.1, -0.05) is 0 Å². The van der Waals surface area contributed by atoms with Crippen LogP contribution >= 0.6 is 0 Å². The molecule has 2 aromatic rings. The topological polar surface area (TPSA) is 92.0 Å². The Hall–Kier alpha value is -3.27. The molecule has 6 nitrogen and oxygen atoms in total. The number of aromatic nitrogens is 1. The fraction of sp³-hybridized carbons (Fsp3) is 0.176. The maximum absolute atomic E-state index is 13.3. The molecule has 7 heteroatoms. The fourth-order valence-electron chi connectivity index (χ4n) is 2.60. The summed E-state index contributed by atoms with van der Waals surface area (Å²) in [4.78, 5) is 35.0. The lowest BCUT2D eigenvalue weighted by Gasteiger charge is -2.08. The van der Waals surface area contributed by atoms with Crippen LogP contribution in [0.2, 0.25) is 0 Å². The van der Waals surface area contributed by atoms with Gasteiger partial charge in [-0.15, -0.1) is 0 Å². The van der Waals surface area contributed by atoms with Gasteiger partial charge in [0, 0.05) is 24.0 Å². The van der Waals surface area contributed by atoms with Crippen molar-refractivity contribution in [3.05, 3.63) is 52.1 Å². The first-order valence-corrected chi connectivity index (χ1v) is 6.98. The molecule has 122 valence electrons. The molecule has 2 rings (SSSR count). The van der Waals surface area contributed by atoms with E-state index in [2.05, 4.69) is 5.32 Å². The summed E-state index contributed by atoms with van der Waals surface area (Å²) in [5.41, 5.74) is 1.33. The molecule has 0 spiro atoms. The predicted molar refractivity (Wildman–Crippen MR) is 84.3 cm³/mol. The first-order chi connectivity index (χ1) is 11.3. The van der Waals surface area contributed by atoms with E-state index in [0.717, 1.165) is 6.07 Å². The minimum atomic E-state index is -0.701. The van der Waals surface area contributed by atoms with Gasteiger partial charge in [0.15, 0.2) is 6.29 Å². The highest BCUT2D eigenvalue weighted by molar-refractivity contribution is 6.34. The Labute approximate surface area is 137 Å². The number of halogens is 1. The van der Waals surface area contributed by atoms with Crippen LogP contribution in [0.3, 0.4) is 0 Å². The molecule has 0 aliphatic rings. The van der Waals surface area contributed by atoms with Gasteiger partial charge in [0.1, 0.15) is 17.6 Å². The number of aldehydes is 1. The van der Waals surface area contributed by atoms with Crippen molar-refractivity contribution < 1.29 is 18.8 Å². The molecular weight excluding hydrogens is 313 g/mol. The number of carbonyl (C=O) groups is 3. The van der Waals surface area contributed by atoms with E-state index in [9.17, 15) is 18.8 Å². The van der Waals surface area contributed by atoms with Gasteiger partial charge in [-0.05, 0) is 37.6 Å². The van der Waals surface area contributed by atoms with Crippen molar-refractivity contribution in [1.29, 1.82) is 5.26 Å². The zero-order valence-electron chi connectivity index (χ0n) is 13.3. The van der Waals surface area contributed by atoms with Gasteiger partial charge in [0.05, 0.1) is 5.56 Å². The Kier molecular flexibility index (Phi) is 4.60. The Morgan fingerprint density at radius 1 is 1.33 bits per heavy atom. The highest BCUT2D eigenvalue weighted by Crippen LogP contribution is 2.23. The number of amides is 1. The Bertz CT molecular complexity index is 907. The van der Waals surface area contributed by atoms with Crippen molar-refractivity contribution in [2.45, 2.75) is 13.8 Å². The van der Waals surface area contributed by atoms with Crippen molar-refractivity contribution in [2.75, 3.05) is 5.32 Å². The minimum absolute atomic E-state index is 0.189. The molecule has 0 aliphatic heterocycles. The Morgan fingerprint density at radius 2 is 2.00 bits per heavy atom. The molecule has 0 aliphatic carbocycles. The SMILES string of the molecule is Cc1c(C(=O)C=O)c(C)n(C)c1C(=O)Nc1ccc(F)c(C#N)c1. The number of ketones is 1. The number of anilines is 1. The van der Waals surface area contributed by atoms with Gasteiger partial charge < -0.3 is 9.88 Å². The van der Waals surface area contributed by atoms with Crippen molar-refractivity contribution in [2.24, 2.45) is 7.05 Å². The van der Waals surface area contributed by atoms with Crippen LogP contribution in [0.1, 0.15) is 37.7 Å². The highest BCUT2D eigenvalue weighted by atomic mass is 19.1. The molecule has 0 unspecified atom stereocenters. The number of nitrogens with zero attached hydrogens (tertiary/aromatic N) is 2. The van der Waals surface area contributed by atoms with Gasteiger partial charge in [-0.25, -0.2) is 4.39 Å². The number of benzene rings is 1. The lowest BCUT2D eigenvalue weighted by molar-refractivity contribution is -0.104. The van der Waals surface area contributed by atoms with E-state index >= 15 is 0 Å². The van der Waals surface area contributed by atoms with Crippen LogP contribution in [0.5, 0.6) is 0 Å².